The van der Waals surface area contributed by atoms with Crippen LogP contribution < -0.4 is 0 Å². The maximum absolute atomic E-state index is 13.4. The van der Waals surface area contributed by atoms with Gasteiger partial charge in [-0.2, -0.15) is 0 Å². The molecule has 0 aromatic rings. The fourth-order valence-corrected chi connectivity index (χ4v) is 6.75. The lowest BCUT2D eigenvalue weighted by atomic mass is 9.85. The average molecular weight is 539 g/mol. The fraction of sp³-hybridized carbons (Fsp3) is 0.966. The molecule has 0 N–H and O–H groups in total. The van der Waals surface area contributed by atoms with Crippen molar-refractivity contribution >= 4 is 5.91 Å². The van der Waals surface area contributed by atoms with E-state index in [1.165, 1.54) is 0 Å². The lowest BCUT2D eigenvalue weighted by Gasteiger charge is -2.31. The number of likely N-dealkylation sites (tertiary alicyclic amines) is 4. The van der Waals surface area contributed by atoms with Crippen LogP contribution in [0.25, 0.3) is 0 Å². The minimum absolute atomic E-state index is 0.0302. The van der Waals surface area contributed by atoms with Crippen molar-refractivity contribution in [3.63, 3.8) is 0 Å². The molecule has 1 spiro atoms. The van der Waals surface area contributed by atoms with Gasteiger partial charge in [-0.1, -0.05) is 0 Å². The number of methoxy groups -OCH3 is 1. The zero-order valence-corrected chi connectivity index (χ0v) is 25.3. The van der Waals surface area contributed by atoms with Crippen LogP contribution in [0.3, 0.4) is 0 Å². The monoisotopic (exact) mass is 538 g/mol. The summed E-state index contributed by atoms with van der Waals surface area (Å²) in [6.07, 6.45) is 1.88. The molecule has 4 aliphatic heterocycles. The summed E-state index contributed by atoms with van der Waals surface area (Å²) >= 11 is 0. The molecule has 0 aromatic heterocycles. The standard InChI is InChI=1S/C29H54N4O5/c1-21(2)30-11-9-29(19-30)10-12-31(27(29)34)20-37-25-16-32(22(3)4)15-24(25)36-13-14-38-28(7)18-33(23(5)6)17-26(28)35-8/h21-26H,9-20H2,1-8H3/t24-,25+,26-,28+,29?/m0/s1. The van der Waals surface area contributed by atoms with Crippen molar-refractivity contribution in [3.05, 3.63) is 0 Å². The van der Waals surface area contributed by atoms with Crippen molar-refractivity contribution in [2.75, 3.05) is 72.9 Å². The molecule has 1 amide bonds. The van der Waals surface area contributed by atoms with Crippen LogP contribution in [0.15, 0.2) is 0 Å². The van der Waals surface area contributed by atoms with E-state index in [2.05, 4.69) is 63.2 Å². The van der Waals surface area contributed by atoms with Crippen molar-refractivity contribution in [2.45, 2.75) is 103 Å². The van der Waals surface area contributed by atoms with Gasteiger partial charge < -0.3 is 23.8 Å². The molecule has 0 bridgehead atoms. The topological polar surface area (TPSA) is 67.0 Å². The highest BCUT2D eigenvalue weighted by molar-refractivity contribution is 5.85. The number of ether oxygens (including phenoxy) is 4. The first kappa shape index (κ1) is 30.2. The van der Waals surface area contributed by atoms with Crippen molar-refractivity contribution in [1.29, 1.82) is 0 Å². The third-order valence-electron chi connectivity index (χ3n) is 9.59. The Morgan fingerprint density at radius 3 is 2.05 bits per heavy atom. The summed E-state index contributed by atoms with van der Waals surface area (Å²) in [5.74, 6) is 0.276. The first-order valence-electron chi connectivity index (χ1n) is 14.9. The Balaban J connectivity index is 1.27. The largest absolute Gasteiger partial charge is 0.377 e. The molecule has 0 radical (unpaired) electrons. The first-order chi connectivity index (χ1) is 18.0. The van der Waals surface area contributed by atoms with E-state index in [1.807, 2.05) is 4.90 Å². The number of amides is 1. The molecule has 0 saturated carbocycles. The predicted octanol–water partition coefficient (Wildman–Crippen LogP) is 2.29. The summed E-state index contributed by atoms with van der Waals surface area (Å²) in [7, 11) is 1.77. The lowest BCUT2D eigenvalue weighted by Crippen LogP contribution is -2.44. The van der Waals surface area contributed by atoms with Crippen molar-refractivity contribution in [3.8, 4) is 0 Å². The summed E-state index contributed by atoms with van der Waals surface area (Å²) in [5, 5.41) is 0. The van der Waals surface area contributed by atoms with Crippen LogP contribution in [0.5, 0.6) is 0 Å². The van der Waals surface area contributed by atoms with Crippen molar-refractivity contribution < 1.29 is 23.7 Å². The SMILES string of the molecule is CO[C@H]1CN(C(C)C)C[C@@]1(C)OCCO[C@H]1CN(C(C)C)C[C@H]1OCN1CCC2(CCN(C(C)C)C2)C1=O. The van der Waals surface area contributed by atoms with Crippen LogP contribution in [0.2, 0.25) is 0 Å². The van der Waals surface area contributed by atoms with Gasteiger partial charge >= 0.3 is 0 Å². The van der Waals surface area contributed by atoms with E-state index in [-0.39, 0.29) is 35.2 Å². The van der Waals surface area contributed by atoms with Gasteiger partial charge in [0.2, 0.25) is 5.91 Å². The number of hydrogen-bond donors (Lipinski definition) is 0. The molecule has 4 rings (SSSR count). The smallest absolute Gasteiger partial charge is 0.232 e. The highest BCUT2D eigenvalue weighted by Gasteiger charge is 2.51. The predicted molar refractivity (Wildman–Crippen MR) is 148 cm³/mol. The van der Waals surface area contributed by atoms with Gasteiger partial charge in [0.1, 0.15) is 12.3 Å². The molecule has 4 heterocycles. The van der Waals surface area contributed by atoms with E-state index in [4.69, 9.17) is 18.9 Å². The van der Waals surface area contributed by atoms with Crippen molar-refractivity contribution in [2.24, 2.45) is 5.41 Å². The Morgan fingerprint density at radius 1 is 0.816 bits per heavy atom. The summed E-state index contributed by atoms with van der Waals surface area (Å²) < 4.78 is 24.9. The van der Waals surface area contributed by atoms with E-state index < -0.39 is 0 Å². The normalized spacial score (nSPS) is 35.5. The van der Waals surface area contributed by atoms with Crippen LogP contribution >= 0.6 is 0 Å². The number of carbonyl (C=O) groups is 1. The molecule has 5 atom stereocenters. The summed E-state index contributed by atoms with van der Waals surface area (Å²) in [4.78, 5) is 22.6. The molecule has 9 nitrogen and oxygen atoms in total. The second-order valence-electron chi connectivity index (χ2n) is 13.1. The third-order valence-corrected chi connectivity index (χ3v) is 9.59. The van der Waals surface area contributed by atoms with E-state index in [0.29, 0.717) is 38.1 Å². The van der Waals surface area contributed by atoms with E-state index in [1.54, 1.807) is 7.11 Å². The quantitative estimate of drug-likeness (QED) is 0.351. The zero-order chi connectivity index (χ0) is 27.7. The maximum atomic E-state index is 13.4. The highest BCUT2D eigenvalue weighted by Crippen LogP contribution is 2.41. The average Bonchev–Trinajstić information content (AvgIpc) is 3.62. The van der Waals surface area contributed by atoms with Gasteiger partial charge in [0.05, 0.1) is 36.9 Å². The Hall–Kier alpha value is -0.810. The van der Waals surface area contributed by atoms with Gasteiger partial charge in [0.15, 0.2) is 0 Å². The van der Waals surface area contributed by atoms with Gasteiger partial charge in [-0.25, -0.2) is 0 Å². The van der Waals surface area contributed by atoms with Crippen LogP contribution in [-0.4, -0.2) is 140 Å². The second-order valence-corrected chi connectivity index (χ2v) is 13.1. The van der Waals surface area contributed by atoms with Crippen LogP contribution in [-0.2, 0) is 23.7 Å². The van der Waals surface area contributed by atoms with Gasteiger partial charge in [-0.15, -0.1) is 0 Å². The number of carbonyl (C=O) groups excluding carboxylic acids is 1. The Kier molecular flexibility index (Phi) is 9.82. The Bertz CT molecular complexity index is 797. The third kappa shape index (κ3) is 6.40. The Morgan fingerprint density at radius 2 is 1.45 bits per heavy atom. The molecule has 4 fully saturated rings. The van der Waals surface area contributed by atoms with Crippen molar-refractivity contribution in [1.82, 2.24) is 19.6 Å². The van der Waals surface area contributed by atoms with Gasteiger partial charge in [0, 0.05) is 64.5 Å². The van der Waals surface area contributed by atoms with E-state index in [0.717, 1.165) is 58.7 Å². The van der Waals surface area contributed by atoms with Crippen LogP contribution in [0.1, 0.15) is 61.3 Å². The molecule has 38 heavy (non-hydrogen) atoms. The van der Waals surface area contributed by atoms with Gasteiger partial charge in [-0.05, 0) is 67.9 Å². The van der Waals surface area contributed by atoms with E-state index in [9.17, 15) is 4.79 Å². The molecule has 1 unspecified atom stereocenters. The molecule has 0 aromatic carbocycles. The van der Waals surface area contributed by atoms with Crippen LogP contribution in [0.4, 0.5) is 0 Å². The Labute approximate surface area is 231 Å². The molecule has 220 valence electrons. The molecule has 4 aliphatic rings. The molecule has 4 saturated heterocycles. The van der Waals surface area contributed by atoms with Crippen LogP contribution in [0, 0.1) is 5.41 Å². The molecule has 0 aliphatic carbocycles. The highest BCUT2D eigenvalue weighted by atomic mass is 16.6. The maximum Gasteiger partial charge on any atom is 0.232 e. The summed E-state index contributed by atoms with van der Waals surface area (Å²) in [6, 6.07) is 1.37. The van der Waals surface area contributed by atoms with E-state index >= 15 is 0 Å². The molecular formula is C29H54N4O5. The number of hydrogen-bond acceptors (Lipinski definition) is 8. The first-order valence-corrected chi connectivity index (χ1v) is 14.9. The summed E-state index contributed by atoms with van der Waals surface area (Å²) in [5.41, 5.74) is -0.544. The zero-order valence-electron chi connectivity index (χ0n) is 25.3. The molecule has 9 heteroatoms. The number of rotatable bonds is 12. The number of nitrogens with zero attached hydrogens (tertiary/aromatic N) is 4. The lowest BCUT2D eigenvalue weighted by molar-refractivity contribution is -0.146. The van der Waals surface area contributed by atoms with Gasteiger partial charge in [-0.3, -0.25) is 19.5 Å². The minimum atomic E-state index is -0.338. The summed E-state index contributed by atoms with van der Waals surface area (Å²) in [6.45, 7) is 22.9. The van der Waals surface area contributed by atoms with Gasteiger partial charge in [0.25, 0.3) is 0 Å². The molecular weight excluding hydrogens is 484 g/mol. The second kappa shape index (κ2) is 12.4. The minimum Gasteiger partial charge on any atom is -0.377 e. The fourth-order valence-electron chi connectivity index (χ4n) is 6.75.